The van der Waals surface area contributed by atoms with Crippen LogP contribution in [0.3, 0.4) is 0 Å². The van der Waals surface area contributed by atoms with Gasteiger partial charge in [0.1, 0.15) is 5.82 Å². The van der Waals surface area contributed by atoms with E-state index >= 15 is 0 Å². The van der Waals surface area contributed by atoms with Crippen molar-refractivity contribution in [2.75, 3.05) is 12.3 Å². The first-order valence-corrected chi connectivity index (χ1v) is 7.51. The number of fused-ring (bicyclic) bond motifs is 1. The Hall–Kier alpha value is -1.32. The van der Waals surface area contributed by atoms with E-state index in [9.17, 15) is 4.39 Å². The molecule has 0 spiro atoms. The molecule has 2 aromatic rings. The van der Waals surface area contributed by atoms with Crippen molar-refractivity contribution in [3.05, 3.63) is 65.5 Å². The van der Waals surface area contributed by atoms with E-state index in [1.54, 1.807) is 0 Å². The van der Waals surface area contributed by atoms with Crippen molar-refractivity contribution < 1.29 is 4.39 Å². The zero-order valence-electron chi connectivity index (χ0n) is 10.6. The average molecular weight is 273 g/mol. The third-order valence-corrected chi connectivity index (χ3v) is 4.60. The minimum absolute atomic E-state index is 0.169. The Balaban J connectivity index is 1.55. The first-order valence-electron chi connectivity index (χ1n) is 6.52. The fraction of sp³-hybridized carbons (Fsp3) is 0.250. The van der Waals surface area contributed by atoms with Gasteiger partial charge in [0.25, 0.3) is 0 Å². The highest BCUT2D eigenvalue weighted by Gasteiger charge is 2.21. The normalized spacial score (nSPS) is 17.4. The van der Waals surface area contributed by atoms with Crippen molar-refractivity contribution in [3.8, 4) is 0 Å². The maximum Gasteiger partial charge on any atom is 0.123 e. The highest BCUT2D eigenvalue weighted by atomic mass is 32.2. The van der Waals surface area contributed by atoms with E-state index in [1.165, 1.54) is 28.2 Å². The molecular formula is C16H16FNS. The molecule has 3 rings (SSSR count). The lowest BCUT2D eigenvalue weighted by molar-refractivity contribution is 0.584. The van der Waals surface area contributed by atoms with E-state index < -0.39 is 0 Å². The van der Waals surface area contributed by atoms with E-state index in [0.717, 1.165) is 18.7 Å². The summed E-state index contributed by atoms with van der Waals surface area (Å²) in [5.74, 6) is 0.931. The van der Waals surface area contributed by atoms with Gasteiger partial charge in [-0.3, -0.25) is 0 Å². The lowest BCUT2D eigenvalue weighted by Gasteiger charge is -2.13. The fourth-order valence-corrected chi connectivity index (χ4v) is 3.57. The molecule has 98 valence electrons. The van der Waals surface area contributed by atoms with Gasteiger partial charge in [-0.2, -0.15) is 0 Å². The molecule has 0 aromatic heterocycles. The number of benzene rings is 2. The van der Waals surface area contributed by atoms with Gasteiger partial charge in [-0.1, -0.05) is 30.3 Å². The summed E-state index contributed by atoms with van der Waals surface area (Å²) in [6, 6.07) is 15.8. The SMILES string of the molecule is Fc1ccc(CCNC2CSc3ccccc32)cc1. The number of hydrogen-bond donors (Lipinski definition) is 1. The van der Waals surface area contributed by atoms with Crippen LogP contribution in [0.5, 0.6) is 0 Å². The van der Waals surface area contributed by atoms with Gasteiger partial charge in [-0.15, -0.1) is 11.8 Å². The predicted octanol–water partition coefficient (Wildman–Crippen LogP) is 3.80. The highest BCUT2D eigenvalue weighted by Crippen LogP contribution is 2.37. The first kappa shape index (κ1) is 12.7. The summed E-state index contributed by atoms with van der Waals surface area (Å²) in [6.45, 7) is 0.922. The lowest BCUT2D eigenvalue weighted by Crippen LogP contribution is -2.23. The highest BCUT2D eigenvalue weighted by molar-refractivity contribution is 7.99. The zero-order valence-corrected chi connectivity index (χ0v) is 11.4. The van der Waals surface area contributed by atoms with Crippen LogP contribution in [-0.2, 0) is 6.42 Å². The van der Waals surface area contributed by atoms with E-state index in [1.807, 2.05) is 23.9 Å². The largest absolute Gasteiger partial charge is 0.309 e. The second-order valence-corrected chi connectivity index (χ2v) is 5.79. The van der Waals surface area contributed by atoms with E-state index in [0.29, 0.717) is 6.04 Å². The maximum absolute atomic E-state index is 12.8. The Morgan fingerprint density at radius 1 is 1.11 bits per heavy atom. The number of nitrogens with one attached hydrogen (secondary N) is 1. The number of thioether (sulfide) groups is 1. The van der Waals surface area contributed by atoms with Crippen LogP contribution in [0, 0.1) is 5.82 Å². The van der Waals surface area contributed by atoms with Crippen molar-refractivity contribution in [1.29, 1.82) is 0 Å². The summed E-state index contributed by atoms with van der Waals surface area (Å²) in [4.78, 5) is 1.39. The van der Waals surface area contributed by atoms with Crippen LogP contribution in [-0.4, -0.2) is 12.3 Å². The fourth-order valence-electron chi connectivity index (χ4n) is 2.37. The predicted molar refractivity (Wildman–Crippen MR) is 78.0 cm³/mol. The van der Waals surface area contributed by atoms with Crippen molar-refractivity contribution in [1.82, 2.24) is 5.32 Å². The summed E-state index contributed by atoms with van der Waals surface area (Å²) >= 11 is 1.91. The zero-order chi connectivity index (χ0) is 13.1. The number of rotatable bonds is 4. The molecular weight excluding hydrogens is 257 g/mol. The molecule has 1 nitrogen and oxygen atoms in total. The Kier molecular flexibility index (Phi) is 3.85. The van der Waals surface area contributed by atoms with Crippen molar-refractivity contribution in [2.45, 2.75) is 17.4 Å². The summed E-state index contributed by atoms with van der Waals surface area (Å²) in [5.41, 5.74) is 2.58. The molecule has 0 bridgehead atoms. The second-order valence-electron chi connectivity index (χ2n) is 4.73. The molecule has 1 heterocycles. The minimum Gasteiger partial charge on any atom is -0.309 e. The van der Waals surface area contributed by atoms with Crippen LogP contribution < -0.4 is 5.32 Å². The smallest absolute Gasteiger partial charge is 0.123 e. The van der Waals surface area contributed by atoms with Crippen LogP contribution in [0.2, 0.25) is 0 Å². The van der Waals surface area contributed by atoms with Gasteiger partial charge < -0.3 is 5.32 Å². The molecule has 19 heavy (non-hydrogen) atoms. The van der Waals surface area contributed by atoms with Gasteiger partial charge in [0.05, 0.1) is 0 Å². The molecule has 1 aliphatic rings. The molecule has 0 amide bonds. The molecule has 1 N–H and O–H groups in total. The van der Waals surface area contributed by atoms with Gasteiger partial charge in [0.15, 0.2) is 0 Å². The third-order valence-electron chi connectivity index (χ3n) is 3.42. The van der Waals surface area contributed by atoms with Gasteiger partial charge >= 0.3 is 0 Å². The summed E-state index contributed by atoms with van der Waals surface area (Å²) in [6.07, 6.45) is 0.934. The van der Waals surface area contributed by atoms with Crippen molar-refractivity contribution in [3.63, 3.8) is 0 Å². The molecule has 1 unspecified atom stereocenters. The molecule has 0 fully saturated rings. The Morgan fingerprint density at radius 3 is 2.74 bits per heavy atom. The molecule has 1 atom stereocenters. The Labute approximate surface area is 117 Å². The van der Waals surface area contributed by atoms with Crippen LogP contribution in [0.15, 0.2) is 53.4 Å². The molecule has 1 aliphatic heterocycles. The molecule has 0 aliphatic carbocycles. The molecule has 0 radical (unpaired) electrons. The molecule has 0 saturated carbocycles. The lowest BCUT2D eigenvalue weighted by atomic mass is 10.1. The maximum atomic E-state index is 12.8. The van der Waals surface area contributed by atoms with Crippen molar-refractivity contribution in [2.24, 2.45) is 0 Å². The molecule has 2 aromatic carbocycles. The minimum atomic E-state index is -0.169. The average Bonchev–Trinajstić information content (AvgIpc) is 2.85. The topological polar surface area (TPSA) is 12.0 Å². The second kappa shape index (κ2) is 5.76. The molecule has 3 heteroatoms. The summed E-state index contributed by atoms with van der Waals surface area (Å²) < 4.78 is 12.8. The standard InChI is InChI=1S/C16H16FNS/c17-13-7-5-12(6-8-13)9-10-18-15-11-19-16-4-2-1-3-14(15)16/h1-8,15,18H,9-11H2. The molecule has 0 saturated heterocycles. The van der Waals surface area contributed by atoms with Crippen LogP contribution in [0.1, 0.15) is 17.2 Å². The van der Waals surface area contributed by atoms with Gasteiger partial charge in [-0.25, -0.2) is 4.39 Å². The van der Waals surface area contributed by atoms with Gasteiger partial charge in [0.2, 0.25) is 0 Å². The quantitative estimate of drug-likeness (QED) is 0.909. The third kappa shape index (κ3) is 2.99. The summed E-state index contributed by atoms with van der Waals surface area (Å²) in [5, 5.41) is 3.59. The van der Waals surface area contributed by atoms with Gasteiger partial charge in [0, 0.05) is 16.7 Å². The monoisotopic (exact) mass is 273 g/mol. The van der Waals surface area contributed by atoms with E-state index in [-0.39, 0.29) is 5.82 Å². The van der Waals surface area contributed by atoms with Crippen LogP contribution in [0.4, 0.5) is 4.39 Å². The van der Waals surface area contributed by atoms with Crippen molar-refractivity contribution >= 4 is 11.8 Å². The van der Waals surface area contributed by atoms with Gasteiger partial charge in [-0.05, 0) is 42.3 Å². The first-order chi connectivity index (χ1) is 9.33. The Bertz CT molecular complexity index is 553. The number of hydrogen-bond acceptors (Lipinski definition) is 2. The Morgan fingerprint density at radius 2 is 1.89 bits per heavy atom. The van der Waals surface area contributed by atoms with Crippen LogP contribution >= 0.6 is 11.8 Å². The van der Waals surface area contributed by atoms with E-state index in [2.05, 4.69) is 29.6 Å². The van der Waals surface area contributed by atoms with E-state index in [4.69, 9.17) is 0 Å². The summed E-state index contributed by atoms with van der Waals surface area (Å²) in [7, 11) is 0. The van der Waals surface area contributed by atoms with Crippen LogP contribution in [0.25, 0.3) is 0 Å². The number of halogens is 1.